The van der Waals surface area contributed by atoms with Gasteiger partial charge in [-0.25, -0.2) is 0 Å². The summed E-state index contributed by atoms with van der Waals surface area (Å²) in [5.74, 6) is 4.77. The molecule has 190 valence electrons. The fourth-order valence-corrected chi connectivity index (χ4v) is 10.2. The molecule has 4 heteroatoms. The van der Waals surface area contributed by atoms with Crippen LogP contribution in [0.3, 0.4) is 0 Å². The van der Waals surface area contributed by atoms with Crippen LogP contribution in [0, 0.1) is 40.9 Å². The Morgan fingerprint density at radius 2 is 1.94 bits per heavy atom. The third-order valence-electron chi connectivity index (χ3n) is 12.0. The summed E-state index contributed by atoms with van der Waals surface area (Å²) in [4.78, 5) is 11.7. The number of hydrogen-bond donors (Lipinski definition) is 2. The number of fused-ring (bicyclic) bond motifs is 6. The monoisotopic (exact) mass is 468 g/mol. The molecule has 0 radical (unpaired) electrons. The van der Waals surface area contributed by atoms with Crippen molar-refractivity contribution in [3.05, 3.63) is 11.1 Å². The van der Waals surface area contributed by atoms with Crippen LogP contribution in [0.15, 0.2) is 11.1 Å². The van der Waals surface area contributed by atoms with Crippen LogP contribution in [-0.4, -0.2) is 36.2 Å². The Balaban J connectivity index is 1.23. The van der Waals surface area contributed by atoms with E-state index >= 15 is 0 Å². The first kappa shape index (κ1) is 23.5. The summed E-state index contributed by atoms with van der Waals surface area (Å²) in [5, 5.41) is 7.11. The molecule has 11 atom stereocenters. The lowest BCUT2D eigenvalue weighted by molar-refractivity contribution is -0.121. The fourth-order valence-electron chi connectivity index (χ4n) is 10.2. The number of amides is 1. The van der Waals surface area contributed by atoms with Gasteiger partial charge in [-0.05, 0) is 113 Å². The Hall–Kier alpha value is -0.870. The minimum Gasteiger partial charge on any atom is -0.369 e. The second-order valence-corrected chi connectivity index (χ2v) is 13.8. The summed E-state index contributed by atoms with van der Waals surface area (Å²) < 4.78 is 7.05. The van der Waals surface area contributed by atoms with Crippen LogP contribution in [0.1, 0.15) is 98.8 Å². The first-order chi connectivity index (χ1) is 16.2. The van der Waals surface area contributed by atoms with Gasteiger partial charge in [-0.15, -0.1) is 0 Å². The van der Waals surface area contributed by atoms with Crippen molar-refractivity contribution >= 4 is 5.91 Å². The average molecular weight is 469 g/mol. The molecule has 6 rings (SSSR count). The highest BCUT2D eigenvalue weighted by molar-refractivity contribution is 5.73. The lowest BCUT2D eigenvalue weighted by Gasteiger charge is -2.54. The van der Waals surface area contributed by atoms with E-state index in [0.29, 0.717) is 29.5 Å². The van der Waals surface area contributed by atoms with E-state index < -0.39 is 0 Å². The van der Waals surface area contributed by atoms with E-state index in [1.165, 1.54) is 57.8 Å². The van der Waals surface area contributed by atoms with E-state index in [1.807, 2.05) is 5.57 Å². The van der Waals surface area contributed by atoms with E-state index in [0.717, 1.165) is 42.6 Å². The number of rotatable bonds is 1. The number of allylic oxidation sites excluding steroid dienone is 1. The van der Waals surface area contributed by atoms with Gasteiger partial charge in [-0.2, -0.15) is 0 Å². The minimum absolute atomic E-state index is 0.0564. The maximum absolute atomic E-state index is 11.7. The molecule has 3 saturated carbocycles. The summed E-state index contributed by atoms with van der Waals surface area (Å²) in [6, 6.07) is 0.952. The predicted octanol–water partition coefficient (Wildman–Crippen LogP) is 5.62. The molecule has 1 amide bonds. The lowest BCUT2D eigenvalue weighted by Crippen LogP contribution is -2.50. The molecule has 2 N–H and O–H groups in total. The SMILES string of the molecule is CC(=O)N[C@@H]1CC[C@@]2(C)[C@H](CCC3[C@@H]4CC[C@@]5(CC(C)=C4C[C@@H]32)O[C@@H]2C[C@H](C)CN[C@H]2[C@H]5C)C1. The Bertz CT molecular complexity index is 868. The zero-order chi connectivity index (χ0) is 23.8. The average Bonchev–Trinajstić information content (AvgIpc) is 3.24. The van der Waals surface area contributed by atoms with Crippen molar-refractivity contribution in [2.24, 2.45) is 40.9 Å². The predicted molar refractivity (Wildman–Crippen MR) is 136 cm³/mol. The zero-order valence-electron chi connectivity index (χ0n) is 22.3. The molecule has 2 aliphatic heterocycles. The summed E-state index contributed by atoms with van der Waals surface area (Å²) in [5.41, 5.74) is 4.04. The summed E-state index contributed by atoms with van der Waals surface area (Å²) >= 11 is 0. The van der Waals surface area contributed by atoms with Gasteiger partial charge in [0.2, 0.25) is 5.91 Å². The highest BCUT2D eigenvalue weighted by Crippen LogP contribution is 2.65. The van der Waals surface area contributed by atoms with Crippen molar-refractivity contribution in [2.75, 3.05) is 6.54 Å². The van der Waals surface area contributed by atoms with E-state index in [9.17, 15) is 4.79 Å². The number of carbonyl (C=O) groups excluding carboxylic acids is 1. The Labute approximate surface area is 207 Å². The van der Waals surface area contributed by atoms with Crippen LogP contribution >= 0.6 is 0 Å². The molecule has 34 heavy (non-hydrogen) atoms. The molecule has 0 aromatic rings. The van der Waals surface area contributed by atoms with Crippen LogP contribution in [0.2, 0.25) is 0 Å². The Kier molecular flexibility index (Phi) is 5.76. The van der Waals surface area contributed by atoms with Crippen LogP contribution in [0.4, 0.5) is 0 Å². The number of ether oxygens (including phenoxy) is 1. The van der Waals surface area contributed by atoms with Crippen molar-refractivity contribution in [3.63, 3.8) is 0 Å². The number of nitrogens with one attached hydrogen (secondary N) is 2. The molecule has 5 fully saturated rings. The van der Waals surface area contributed by atoms with Gasteiger partial charge in [0.05, 0.1) is 11.7 Å². The molecule has 2 heterocycles. The minimum atomic E-state index is 0.0564. The zero-order valence-corrected chi connectivity index (χ0v) is 22.3. The largest absolute Gasteiger partial charge is 0.369 e. The third-order valence-corrected chi connectivity index (χ3v) is 12.0. The molecule has 0 aromatic heterocycles. The van der Waals surface area contributed by atoms with Gasteiger partial charge in [0, 0.05) is 24.9 Å². The van der Waals surface area contributed by atoms with Crippen LogP contribution < -0.4 is 10.6 Å². The Morgan fingerprint density at radius 3 is 2.74 bits per heavy atom. The van der Waals surface area contributed by atoms with Gasteiger partial charge in [0.25, 0.3) is 0 Å². The van der Waals surface area contributed by atoms with Crippen LogP contribution in [-0.2, 0) is 9.53 Å². The molecule has 1 spiro atoms. The summed E-state index contributed by atoms with van der Waals surface area (Å²) in [7, 11) is 0. The fraction of sp³-hybridized carbons (Fsp3) is 0.900. The molecular weight excluding hydrogens is 420 g/mol. The van der Waals surface area contributed by atoms with Gasteiger partial charge in [0.15, 0.2) is 0 Å². The van der Waals surface area contributed by atoms with Gasteiger partial charge < -0.3 is 15.4 Å². The molecule has 1 unspecified atom stereocenters. The van der Waals surface area contributed by atoms with Crippen molar-refractivity contribution in [1.29, 1.82) is 0 Å². The van der Waals surface area contributed by atoms with Crippen LogP contribution in [0.5, 0.6) is 0 Å². The third kappa shape index (κ3) is 3.56. The van der Waals surface area contributed by atoms with Crippen LogP contribution in [0.25, 0.3) is 0 Å². The molecule has 6 aliphatic rings. The number of hydrogen-bond acceptors (Lipinski definition) is 3. The standard InChI is InChI=1S/C30H48N2O2/c1-17-12-27-28(31-16-17)19(3)30(34-27)11-9-23-24-7-6-21-13-22(32-20(4)33)8-10-29(21,5)26(24)14-25(23)18(2)15-30/h17,19,21-24,26-28,31H,6-16H2,1-5H3,(H,32,33)/t17-,19+,21+,22+,23-,24?,26-,27+,28-,29-,30-/m0/s1. The van der Waals surface area contributed by atoms with Gasteiger partial charge in [-0.3, -0.25) is 4.79 Å². The first-order valence-corrected chi connectivity index (χ1v) is 14.6. The molecule has 4 aliphatic carbocycles. The van der Waals surface area contributed by atoms with E-state index in [2.05, 4.69) is 38.3 Å². The van der Waals surface area contributed by atoms with Crippen molar-refractivity contribution in [2.45, 2.75) is 123 Å². The van der Waals surface area contributed by atoms with E-state index in [-0.39, 0.29) is 11.5 Å². The molecule has 2 saturated heterocycles. The lowest BCUT2D eigenvalue weighted by atomic mass is 9.52. The normalized spacial score (nSPS) is 52.4. The van der Waals surface area contributed by atoms with E-state index in [1.54, 1.807) is 12.5 Å². The van der Waals surface area contributed by atoms with Gasteiger partial charge in [0.1, 0.15) is 0 Å². The topological polar surface area (TPSA) is 50.4 Å². The van der Waals surface area contributed by atoms with Crippen molar-refractivity contribution in [3.8, 4) is 0 Å². The molecule has 0 aromatic carbocycles. The quantitative estimate of drug-likeness (QED) is 0.491. The summed E-state index contributed by atoms with van der Waals surface area (Å²) in [6.45, 7) is 12.8. The number of carbonyl (C=O) groups is 1. The van der Waals surface area contributed by atoms with Gasteiger partial charge in [-0.1, -0.05) is 31.9 Å². The first-order valence-electron chi connectivity index (χ1n) is 14.6. The summed E-state index contributed by atoms with van der Waals surface area (Å²) in [6.07, 6.45) is 13.1. The maximum Gasteiger partial charge on any atom is 0.217 e. The second-order valence-electron chi connectivity index (χ2n) is 13.8. The number of piperidine rings is 1. The highest BCUT2D eigenvalue weighted by atomic mass is 16.5. The smallest absolute Gasteiger partial charge is 0.217 e. The molecule has 0 bridgehead atoms. The van der Waals surface area contributed by atoms with E-state index in [4.69, 9.17) is 4.74 Å². The van der Waals surface area contributed by atoms with Gasteiger partial charge >= 0.3 is 0 Å². The highest BCUT2D eigenvalue weighted by Gasteiger charge is 2.59. The second kappa shape index (κ2) is 8.33. The van der Waals surface area contributed by atoms with Crippen molar-refractivity contribution in [1.82, 2.24) is 10.6 Å². The molecule has 4 nitrogen and oxygen atoms in total. The molecular formula is C30H48N2O2. The maximum atomic E-state index is 11.7. The van der Waals surface area contributed by atoms with Crippen molar-refractivity contribution < 1.29 is 9.53 Å². The Morgan fingerprint density at radius 1 is 1.12 bits per heavy atom.